The van der Waals surface area contributed by atoms with Gasteiger partial charge >= 0.3 is 0 Å². The van der Waals surface area contributed by atoms with Gasteiger partial charge in [-0.15, -0.1) is 11.3 Å². The van der Waals surface area contributed by atoms with E-state index in [2.05, 4.69) is 274 Å². The van der Waals surface area contributed by atoms with Crippen molar-refractivity contribution in [2.75, 3.05) is 0 Å². The average molecular weight is 943 g/mol. The number of thiophene rings is 1. The van der Waals surface area contributed by atoms with Crippen LogP contribution in [0.1, 0.15) is 105 Å². The third-order valence-electron chi connectivity index (χ3n) is 14.8. The molecule has 0 atom stereocenters. The fourth-order valence-corrected chi connectivity index (χ4v) is 11.9. The molecule has 0 amide bonds. The summed E-state index contributed by atoms with van der Waals surface area (Å²) in [7, 11) is 0. The molecule has 0 aliphatic heterocycles. The number of fused-ring (bicyclic) bond motifs is 5. The summed E-state index contributed by atoms with van der Waals surface area (Å²) in [6.45, 7) is 27.5. The zero-order chi connectivity index (χ0) is 49.8. The van der Waals surface area contributed by atoms with Crippen molar-refractivity contribution in [3.05, 3.63) is 204 Å². The van der Waals surface area contributed by atoms with Crippen LogP contribution in [0.5, 0.6) is 0 Å². The van der Waals surface area contributed by atoms with Crippen LogP contribution < -0.4 is 0 Å². The van der Waals surface area contributed by atoms with Crippen LogP contribution in [0.15, 0.2) is 182 Å². The number of hydrogen-bond acceptors (Lipinski definition) is 1. The minimum absolute atomic E-state index is 0.0529. The number of hydrogen-bond donors (Lipinski definition) is 0. The monoisotopic (exact) mass is 942 g/mol. The number of nitrogens with zero attached hydrogens (tertiary/aromatic N) is 2. The highest BCUT2D eigenvalue weighted by molar-refractivity contribution is 7.25. The first-order valence-corrected chi connectivity index (χ1v) is 26.2. The zero-order valence-corrected chi connectivity index (χ0v) is 44.4. The van der Waals surface area contributed by atoms with Crippen molar-refractivity contribution in [2.24, 2.45) is 0 Å². The van der Waals surface area contributed by atoms with Gasteiger partial charge in [-0.25, -0.2) is 0 Å². The van der Waals surface area contributed by atoms with Gasteiger partial charge in [0.15, 0.2) is 0 Å². The summed E-state index contributed by atoms with van der Waals surface area (Å²) >= 11 is 1.89. The van der Waals surface area contributed by atoms with Crippen molar-refractivity contribution in [2.45, 2.75) is 105 Å². The van der Waals surface area contributed by atoms with Crippen molar-refractivity contribution in [1.82, 2.24) is 9.13 Å². The number of para-hydroxylation sites is 2. The maximum Gasteiger partial charge on any atom is 0.0619 e. The first-order chi connectivity index (χ1) is 33.7. The van der Waals surface area contributed by atoms with Crippen molar-refractivity contribution >= 4 is 53.3 Å². The lowest BCUT2D eigenvalue weighted by atomic mass is 9.85. The fraction of sp³-hybridized carbons (Fsp3) is 0.235. The van der Waals surface area contributed by atoms with Gasteiger partial charge in [0.2, 0.25) is 0 Å². The summed E-state index contributed by atoms with van der Waals surface area (Å²) in [5.41, 5.74) is 20.1. The van der Waals surface area contributed by atoms with E-state index in [1.54, 1.807) is 0 Å². The highest BCUT2D eigenvalue weighted by Crippen LogP contribution is 2.47. The molecule has 0 N–H and O–H groups in total. The topological polar surface area (TPSA) is 9.86 Å². The molecule has 3 heteroatoms. The SMILES string of the molecule is CC(C)(C)c1ccc(-c2c(-c3ccc(C(C)(C)C)cc3)n(-c3ccc4c(c3)sc3cc(-n5c(-c6ccc(C(C)(C)C)cc6)c(-c6ccc(C(C)(C)C)cc6)c6ccccc65)ccc34)c3ccccc23)cc1. The standard InChI is InChI=1S/C68H66N2S/c1-65(2,3)47-29-21-43(22-30-47)61-55-17-13-15-19-57(55)69(63(61)45-25-33-49(34-26-45)67(7,8)9)51-37-39-53-54-40-38-52(42-60(54)71-59(53)41-51)70-58-20-16-14-18-56(58)62(44-23-31-48(32-24-44)66(4,5)6)64(70)46-27-35-50(36-28-46)68(10,11)12/h13-42H,1-12H3. The molecule has 0 unspecified atom stereocenters. The smallest absolute Gasteiger partial charge is 0.0619 e. The molecule has 11 rings (SSSR count). The van der Waals surface area contributed by atoms with Crippen molar-refractivity contribution in [3.63, 3.8) is 0 Å². The summed E-state index contributed by atoms with van der Waals surface area (Å²) in [6.07, 6.45) is 0. The quantitative estimate of drug-likeness (QED) is 0.157. The summed E-state index contributed by atoms with van der Waals surface area (Å²) in [6, 6.07) is 69.4. The predicted octanol–water partition coefficient (Wildman–Crippen LogP) is 19.8. The Hall–Kier alpha value is -6.94. The normalized spacial score (nSPS) is 12.8. The Balaban J connectivity index is 1.10. The van der Waals surface area contributed by atoms with Gasteiger partial charge in [0.1, 0.15) is 0 Å². The fourth-order valence-electron chi connectivity index (χ4n) is 10.7. The molecule has 3 aromatic heterocycles. The minimum Gasteiger partial charge on any atom is -0.309 e. The van der Waals surface area contributed by atoms with Gasteiger partial charge in [0.05, 0.1) is 22.4 Å². The van der Waals surface area contributed by atoms with Gasteiger partial charge in [0, 0.05) is 53.4 Å². The maximum absolute atomic E-state index is 2.52. The molecule has 3 heterocycles. The largest absolute Gasteiger partial charge is 0.309 e. The summed E-state index contributed by atoms with van der Waals surface area (Å²) in [5.74, 6) is 0. The molecule has 354 valence electrons. The van der Waals surface area contributed by atoms with Crippen LogP contribution in [0, 0.1) is 0 Å². The molecule has 0 radical (unpaired) electrons. The zero-order valence-electron chi connectivity index (χ0n) is 43.6. The molecule has 0 spiro atoms. The molecule has 0 saturated carbocycles. The second-order valence-corrected chi connectivity index (χ2v) is 25.0. The average Bonchev–Trinajstić information content (AvgIpc) is 4.00. The van der Waals surface area contributed by atoms with Crippen molar-refractivity contribution < 1.29 is 0 Å². The lowest BCUT2D eigenvalue weighted by Crippen LogP contribution is -2.10. The van der Waals surface area contributed by atoms with E-state index in [0.717, 1.165) is 11.4 Å². The van der Waals surface area contributed by atoms with Crippen LogP contribution in [0.2, 0.25) is 0 Å². The molecular weight excluding hydrogens is 877 g/mol. The minimum atomic E-state index is 0.0529. The Morgan fingerprint density at radius 1 is 0.296 bits per heavy atom. The van der Waals surface area contributed by atoms with E-state index in [4.69, 9.17) is 0 Å². The van der Waals surface area contributed by atoms with E-state index in [1.807, 2.05) is 11.3 Å². The van der Waals surface area contributed by atoms with E-state index in [9.17, 15) is 0 Å². The summed E-state index contributed by atoms with van der Waals surface area (Å²) in [4.78, 5) is 0. The van der Waals surface area contributed by atoms with E-state index in [-0.39, 0.29) is 21.7 Å². The van der Waals surface area contributed by atoms with E-state index in [1.165, 1.54) is 109 Å². The van der Waals surface area contributed by atoms with Crippen LogP contribution in [-0.4, -0.2) is 9.13 Å². The molecule has 11 aromatic rings. The molecule has 71 heavy (non-hydrogen) atoms. The van der Waals surface area contributed by atoms with E-state index >= 15 is 0 Å². The lowest BCUT2D eigenvalue weighted by molar-refractivity contribution is 0.590. The maximum atomic E-state index is 2.52. The number of rotatable bonds is 6. The predicted molar refractivity (Wildman–Crippen MR) is 310 cm³/mol. The Bertz CT molecular complexity index is 3530. The van der Waals surface area contributed by atoms with Gasteiger partial charge < -0.3 is 9.13 Å². The van der Waals surface area contributed by atoms with Crippen molar-refractivity contribution in [1.29, 1.82) is 0 Å². The summed E-state index contributed by atoms with van der Waals surface area (Å²) < 4.78 is 7.57. The Kier molecular flexibility index (Phi) is 11.0. The molecule has 8 aromatic carbocycles. The third kappa shape index (κ3) is 8.23. The highest BCUT2D eigenvalue weighted by atomic mass is 32.1. The van der Waals surface area contributed by atoms with Gasteiger partial charge in [-0.1, -0.05) is 229 Å². The second kappa shape index (κ2) is 16.8. The van der Waals surface area contributed by atoms with Gasteiger partial charge in [0.25, 0.3) is 0 Å². The van der Waals surface area contributed by atoms with Crippen LogP contribution >= 0.6 is 11.3 Å². The molecule has 2 nitrogen and oxygen atoms in total. The van der Waals surface area contributed by atoms with Crippen LogP contribution in [0.25, 0.3) is 98.1 Å². The van der Waals surface area contributed by atoms with E-state index < -0.39 is 0 Å². The first-order valence-electron chi connectivity index (χ1n) is 25.4. The first kappa shape index (κ1) is 46.4. The highest BCUT2D eigenvalue weighted by Gasteiger charge is 2.26. The number of aromatic nitrogens is 2. The van der Waals surface area contributed by atoms with Gasteiger partial charge in [-0.2, -0.15) is 0 Å². The molecule has 0 aliphatic rings. The van der Waals surface area contributed by atoms with Crippen LogP contribution in [0.3, 0.4) is 0 Å². The van der Waals surface area contributed by atoms with Crippen molar-refractivity contribution in [3.8, 4) is 56.1 Å². The molecule has 0 fully saturated rings. The Morgan fingerprint density at radius 2 is 0.592 bits per heavy atom. The molecule has 0 saturated heterocycles. The summed E-state index contributed by atoms with van der Waals surface area (Å²) in [5, 5.41) is 5.06. The van der Waals surface area contributed by atoms with E-state index in [0.29, 0.717) is 0 Å². The number of benzene rings is 8. The lowest BCUT2D eigenvalue weighted by Gasteiger charge is -2.21. The second-order valence-electron chi connectivity index (χ2n) is 23.9. The molecule has 0 aliphatic carbocycles. The van der Waals surface area contributed by atoms with Gasteiger partial charge in [-0.3, -0.25) is 0 Å². The third-order valence-corrected chi connectivity index (χ3v) is 15.9. The molecule has 0 bridgehead atoms. The van der Waals surface area contributed by atoms with Gasteiger partial charge in [-0.05, 0) is 103 Å². The van der Waals surface area contributed by atoms with Crippen LogP contribution in [-0.2, 0) is 21.7 Å². The molecular formula is C68H66N2S. The Labute approximate surface area is 425 Å². The Morgan fingerprint density at radius 3 is 0.901 bits per heavy atom. The van der Waals surface area contributed by atoms with Crippen LogP contribution in [0.4, 0.5) is 0 Å².